The van der Waals surface area contributed by atoms with Crippen LogP contribution in [0.4, 0.5) is 19.0 Å². The summed E-state index contributed by atoms with van der Waals surface area (Å²) in [4.78, 5) is 25.4. The number of amides is 1. The first kappa shape index (κ1) is 23.8. The van der Waals surface area contributed by atoms with Gasteiger partial charge < -0.3 is 10.2 Å². The smallest absolute Gasteiger partial charge is 0.370 e. The van der Waals surface area contributed by atoms with Gasteiger partial charge >= 0.3 is 6.18 Å². The third kappa shape index (κ3) is 5.05. The van der Waals surface area contributed by atoms with Crippen LogP contribution in [0.15, 0.2) is 42.5 Å². The number of alkyl halides is 3. The van der Waals surface area contributed by atoms with Crippen LogP contribution < -0.4 is 5.32 Å². The zero-order valence-electron chi connectivity index (χ0n) is 19.7. The van der Waals surface area contributed by atoms with Crippen molar-refractivity contribution in [2.75, 3.05) is 18.4 Å². The number of aromatic nitrogens is 2. The van der Waals surface area contributed by atoms with Crippen LogP contribution in [0, 0.1) is 19.3 Å². The summed E-state index contributed by atoms with van der Waals surface area (Å²) in [6, 6.07) is 11.9. The molecule has 35 heavy (non-hydrogen) atoms. The van der Waals surface area contributed by atoms with E-state index in [1.165, 1.54) is 11.3 Å². The predicted octanol–water partition coefficient (Wildman–Crippen LogP) is 6.34. The number of anilines is 1. The van der Waals surface area contributed by atoms with Crippen molar-refractivity contribution >= 4 is 23.1 Å². The number of hydrogen-bond acceptors (Lipinski definition) is 5. The van der Waals surface area contributed by atoms with Crippen LogP contribution in [0.2, 0.25) is 0 Å². The molecule has 1 spiro atoms. The van der Waals surface area contributed by atoms with Crippen molar-refractivity contribution in [1.29, 1.82) is 0 Å². The summed E-state index contributed by atoms with van der Waals surface area (Å²) >= 11 is 1.52. The molecule has 1 amide bonds. The standard InChI is InChI=1S/C26H27F3N4OS/c1-16-12-19(26(27,28)29)13-21(31-16)30-11-8-20-14-25(9-10-25)15-33(20)24(34)22-23(35-17(2)32-22)18-6-4-3-5-7-18/h3-7,12-13,20H,8-11,14-15H2,1-2H3,(H,30,31). The van der Waals surface area contributed by atoms with E-state index >= 15 is 0 Å². The lowest BCUT2D eigenvalue weighted by atomic mass is 10.0. The van der Waals surface area contributed by atoms with Gasteiger partial charge in [-0.15, -0.1) is 11.3 Å². The van der Waals surface area contributed by atoms with Gasteiger partial charge in [0, 0.05) is 24.8 Å². The Morgan fingerprint density at radius 3 is 2.60 bits per heavy atom. The van der Waals surface area contributed by atoms with Gasteiger partial charge in [-0.05, 0) is 62.6 Å². The minimum absolute atomic E-state index is 0.00928. The van der Waals surface area contributed by atoms with Crippen molar-refractivity contribution in [3.05, 3.63) is 64.4 Å². The molecule has 0 bridgehead atoms. The van der Waals surface area contributed by atoms with Gasteiger partial charge in [-0.2, -0.15) is 13.2 Å². The number of halogens is 3. The quantitative estimate of drug-likeness (QED) is 0.429. The molecular weight excluding hydrogens is 473 g/mol. The van der Waals surface area contributed by atoms with E-state index in [0.29, 0.717) is 30.9 Å². The number of aryl methyl sites for hydroxylation is 2. The Bertz CT molecular complexity index is 1240. The van der Waals surface area contributed by atoms with Crippen molar-refractivity contribution in [2.45, 2.75) is 51.7 Å². The minimum atomic E-state index is -4.42. The van der Waals surface area contributed by atoms with Gasteiger partial charge in [0.1, 0.15) is 11.5 Å². The Morgan fingerprint density at radius 1 is 1.17 bits per heavy atom. The molecule has 3 aromatic rings. The molecule has 2 aliphatic rings. The van der Waals surface area contributed by atoms with Gasteiger partial charge in [0.05, 0.1) is 15.4 Å². The van der Waals surface area contributed by atoms with E-state index in [0.717, 1.165) is 46.8 Å². The molecule has 1 N–H and O–H groups in total. The van der Waals surface area contributed by atoms with Crippen molar-refractivity contribution in [3.8, 4) is 10.4 Å². The molecule has 9 heteroatoms. The lowest BCUT2D eigenvalue weighted by Gasteiger charge is -2.25. The Morgan fingerprint density at radius 2 is 1.91 bits per heavy atom. The second-order valence-corrected chi connectivity index (χ2v) is 10.9. The van der Waals surface area contributed by atoms with Gasteiger partial charge in [0.15, 0.2) is 0 Å². The molecule has 2 aromatic heterocycles. The topological polar surface area (TPSA) is 58.1 Å². The Labute approximate surface area is 206 Å². The average Bonchev–Trinajstić information content (AvgIpc) is 3.29. The number of nitrogens with one attached hydrogen (secondary N) is 1. The van der Waals surface area contributed by atoms with Crippen LogP contribution in [0.5, 0.6) is 0 Å². The maximum atomic E-state index is 13.7. The largest absolute Gasteiger partial charge is 0.416 e. The average molecular weight is 501 g/mol. The van der Waals surface area contributed by atoms with Gasteiger partial charge in [0.2, 0.25) is 0 Å². The normalized spacial score (nSPS) is 18.8. The molecule has 0 radical (unpaired) electrons. The molecule has 1 saturated carbocycles. The number of benzene rings is 1. The third-order valence-electron chi connectivity index (χ3n) is 6.87. The lowest BCUT2D eigenvalue weighted by molar-refractivity contribution is -0.137. The van der Waals surface area contributed by atoms with Crippen molar-refractivity contribution in [2.24, 2.45) is 5.41 Å². The molecule has 1 saturated heterocycles. The van der Waals surface area contributed by atoms with Crippen LogP contribution in [0.25, 0.3) is 10.4 Å². The molecule has 184 valence electrons. The fourth-order valence-electron chi connectivity index (χ4n) is 4.98. The minimum Gasteiger partial charge on any atom is -0.370 e. The molecular formula is C26H27F3N4OS. The molecule has 2 fully saturated rings. The van der Waals surface area contributed by atoms with E-state index in [2.05, 4.69) is 15.3 Å². The summed E-state index contributed by atoms with van der Waals surface area (Å²) in [5.41, 5.74) is 1.25. The van der Waals surface area contributed by atoms with Crippen LogP contribution >= 0.6 is 11.3 Å². The van der Waals surface area contributed by atoms with Gasteiger partial charge in [0.25, 0.3) is 5.91 Å². The fraction of sp³-hybridized carbons (Fsp3) is 0.423. The Hall–Kier alpha value is -2.94. The highest BCUT2D eigenvalue weighted by atomic mass is 32.1. The zero-order chi connectivity index (χ0) is 24.8. The lowest BCUT2D eigenvalue weighted by Crippen LogP contribution is -2.37. The van der Waals surface area contributed by atoms with Gasteiger partial charge in [-0.1, -0.05) is 30.3 Å². The van der Waals surface area contributed by atoms with Crippen LogP contribution in [0.1, 0.15) is 52.4 Å². The number of likely N-dealkylation sites (tertiary alicyclic amines) is 1. The maximum absolute atomic E-state index is 13.7. The third-order valence-corrected chi connectivity index (χ3v) is 7.89. The second-order valence-electron chi connectivity index (χ2n) is 9.66. The van der Waals surface area contributed by atoms with E-state index < -0.39 is 11.7 Å². The fourth-order valence-corrected chi connectivity index (χ4v) is 5.90. The van der Waals surface area contributed by atoms with E-state index in [1.54, 1.807) is 6.92 Å². The molecule has 1 aliphatic carbocycles. The summed E-state index contributed by atoms with van der Waals surface area (Å²) in [5.74, 6) is 0.144. The van der Waals surface area contributed by atoms with E-state index in [4.69, 9.17) is 0 Å². The van der Waals surface area contributed by atoms with Crippen LogP contribution in [-0.2, 0) is 6.18 Å². The zero-order valence-corrected chi connectivity index (χ0v) is 20.5. The monoisotopic (exact) mass is 500 g/mol. The molecule has 1 atom stereocenters. The Balaban J connectivity index is 1.32. The summed E-state index contributed by atoms with van der Waals surface area (Å²) in [7, 11) is 0. The Kier molecular flexibility index (Phi) is 6.07. The molecule has 1 aromatic carbocycles. The number of thiazole rings is 1. The number of nitrogens with zero attached hydrogens (tertiary/aromatic N) is 3. The highest BCUT2D eigenvalue weighted by Gasteiger charge is 2.53. The molecule has 5 nitrogen and oxygen atoms in total. The number of rotatable bonds is 6. The number of hydrogen-bond donors (Lipinski definition) is 1. The van der Waals surface area contributed by atoms with Gasteiger partial charge in [-0.3, -0.25) is 4.79 Å². The number of pyridine rings is 1. The van der Waals surface area contributed by atoms with Crippen LogP contribution in [0.3, 0.4) is 0 Å². The predicted molar refractivity (Wildman–Crippen MR) is 130 cm³/mol. The van der Waals surface area contributed by atoms with Crippen molar-refractivity contribution in [3.63, 3.8) is 0 Å². The summed E-state index contributed by atoms with van der Waals surface area (Å²) in [6.45, 7) is 4.60. The first-order chi connectivity index (χ1) is 16.6. The highest BCUT2D eigenvalue weighted by molar-refractivity contribution is 7.15. The van der Waals surface area contributed by atoms with Crippen molar-refractivity contribution in [1.82, 2.24) is 14.9 Å². The SMILES string of the molecule is Cc1cc(C(F)(F)F)cc(NCCC2CC3(CC3)CN2C(=O)c2nc(C)sc2-c2ccccc2)n1. The maximum Gasteiger partial charge on any atom is 0.416 e. The van der Waals surface area contributed by atoms with E-state index in [9.17, 15) is 18.0 Å². The second kappa shape index (κ2) is 8.93. The van der Waals surface area contributed by atoms with Crippen LogP contribution in [-0.4, -0.2) is 39.9 Å². The van der Waals surface area contributed by atoms with E-state index in [-0.39, 0.29) is 23.2 Å². The first-order valence-electron chi connectivity index (χ1n) is 11.8. The van der Waals surface area contributed by atoms with Crippen molar-refractivity contribution < 1.29 is 18.0 Å². The first-order valence-corrected chi connectivity index (χ1v) is 12.6. The molecule has 3 heterocycles. The highest BCUT2D eigenvalue weighted by Crippen LogP contribution is 2.55. The summed E-state index contributed by atoms with van der Waals surface area (Å²) in [5, 5.41) is 3.89. The summed E-state index contributed by atoms with van der Waals surface area (Å²) in [6.07, 6.45) is -0.653. The number of carbonyl (C=O) groups excluding carboxylic acids is 1. The van der Waals surface area contributed by atoms with E-state index in [1.807, 2.05) is 42.2 Å². The molecule has 1 aliphatic heterocycles. The molecule has 1 unspecified atom stereocenters. The number of carbonyl (C=O) groups is 1. The van der Waals surface area contributed by atoms with Gasteiger partial charge in [-0.25, -0.2) is 9.97 Å². The molecule has 5 rings (SSSR count). The summed E-state index contributed by atoms with van der Waals surface area (Å²) < 4.78 is 39.5.